The van der Waals surface area contributed by atoms with Crippen molar-refractivity contribution in [3.05, 3.63) is 59.4 Å². The largest absolute Gasteiger partial charge is 0.384 e. The lowest BCUT2D eigenvalue weighted by molar-refractivity contribution is 0.598. The monoisotopic (exact) mass is 307 g/mol. The van der Waals surface area contributed by atoms with Crippen LogP contribution in [0.1, 0.15) is 11.1 Å². The first-order valence-electron chi connectivity index (χ1n) is 6.03. The van der Waals surface area contributed by atoms with Crippen molar-refractivity contribution in [1.29, 1.82) is 5.41 Å². The number of sulfonamides is 1. The first-order valence-corrected chi connectivity index (χ1v) is 7.51. The van der Waals surface area contributed by atoms with E-state index in [1.807, 2.05) is 0 Å². The van der Waals surface area contributed by atoms with Gasteiger partial charge in [-0.2, -0.15) is 0 Å². The summed E-state index contributed by atoms with van der Waals surface area (Å²) >= 11 is 0. The quantitative estimate of drug-likeness (QED) is 0.597. The Labute approximate surface area is 122 Å². The van der Waals surface area contributed by atoms with E-state index in [-0.39, 0.29) is 10.7 Å². The average Bonchev–Trinajstić information content (AvgIpc) is 2.38. The van der Waals surface area contributed by atoms with Crippen molar-refractivity contribution in [3.63, 3.8) is 0 Å². The summed E-state index contributed by atoms with van der Waals surface area (Å²) in [6.07, 6.45) is 0. The van der Waals surface area contributed by atoms with Crippen LogP contribution in [0.3, 0.4) is 0 Å². The van der Waals surface area contributed by atoms with Crippen LogP contribution in [0.15, 0.2) is 47.4 Å². The minimum Gasteiger partial charge on any atom is -0.384 e. The molecule has 0 amide bonds. The van der Waals surface area contributed by atoms with E-state index >= 15 is 0 Å². The molecule has 0 saturated carbocycles. The minimum atomic E-state index is -3.80. The van der Waals surface area contributed by atoms with Crippen LogP contribution in [0.2, 0.25) is 0 Å². The van der Waals surface area contributed by atoms with Crippen molar-refractivity contribution in [2.24, 2.45) is 5.73 Å². The number of halogens is 1. The number of nitrogen functional groups attached to an aromatic ring is 1. The highest BCUT2D eigenvalue weighted by atomic mass is 32.2. The molecular formula is C14H14FN3O2S. The SMILES string of the molecule is Cc1cc(F)ccc1S(=O)(=O)Nc1ccc(C(=N)N)cc1. The molecule has 2 rings (SSSR count). The van der Waals surface area contributed by atoms with Gasteiger partial charge in [-0.3, -0.25) is 10.1 Å². The molecule has 0 atom stereocenters. The molecule has 5 nitrogen and oxygen atoms in total. The van der Waals surface area contributed by atoms with E-state index in [0.29, 0.717) is 16.8 Å². The maximum atomic E-state index is 13.0. The Bertz CT molecular complexity index is 786. The number of hydrogen-bond donors (Lipinski definition) is 3. The summed E-state index contributed by atoms with van der Waals surface area (Å²) < 4.78 is 39.9. The van der Waals surface area contributed by atoms with Gasteiger partial charge >= 0.3 is 0 Å². The number of benzene rings is 2. The Balaban J connectivity index is 2.30. The summed E-state index contributed by atoms with van der Waals surface area (Å²) in [6.45, 7) is 1.52. The van der Waals surface area contributed by atoms with Gasteiger partial charge in [0.05, 0.1) is 4.90 Å². The number of amidine groups is 1. The van der Waals surface area contributed by atoms with Crippen LogP contribution in [0.4, 0.5) is 10.1 Å². The third-order valence-electron chi connectivity index (χ3n) is 2.87. The van der Waals surface area contributed by atoms with Gasteiger partial charge in [-0.15, -0.1) is 0 Å². The zero-order valence-corrected chi connectivity index (χ0v) is 12.0. The van der Waals surface area contributed by atoms with E-state index in [1.165, 1.54) is 37.3 Å². The van der Waals surface area contributed by atoms with E-state index in [4.69, 9.17) is 11.1 Å². The molecule has 0 aromatic heterocycles. The average molecular weight is 307 g/mol. The molecule has 0 radical (unpaired) electrons. The smallest absolute Gasteiger partial charge is 0.262 e. The van der Waals surface area contributed by atoms with Crippen molar-refractivity contribution >= 4 is 21.5 Å². The number of nitrogens with one attached hydrogen (secondary N) is 2. The van der Waals surface area contributed by atoms with E-state index < -0.39 is 15.8 Å². The lowest BCUT2D eigenvalue weighted by Crippen LogP contribution is -2.15. The number of aryl methyl sites for hydroxylation is 1. The van der Waals surface area contributed by atoms with Gasteiger partial charge < -0.3 is 5.73 Å². The van der Waals surface area contributed by atoms with E-state index in [9.17, 15) is 12.8 Å². The highest BCUT2D eigenvalue weighted by molar-refractivity contribution is 7.92. The second-order valence-electron chi connectivity index (χ2n) is 4.51. The standard InChI is InChI=1S/C14H14FN3O2S/c1-9-8-11(15)4-7-13(9)21(19,20)18-12-5-2-10(3-6-12)14(16)17/h2-8,18H,1H3,(H3,16,17). The van der Waals surface area contributed by atoms with Crippen molar-refractivity contribution in [2.45, 2.75) is 11.8 Å². The zero-order valence-electron chi connectivity index (χ0n) is 11.2. The molecule has 0 aliphatic rings. The topological polar surface area (TPSA) is 96.0 Å². The van der Waals surface area contributed by atoms with E-state index in [0.717, 1.165) is 12.1 Å². The Kier molecular flexibility index (Phi) is 3.95. The molecule has 110 valence electrons. The van der Waals surface area contributed by atoms with Gasteiger partial charge in [0.1, 0.15) is 11.7 Å². The minimum absolute atomic E-state index is 0.0135. The second-order valence-corrected chi connectivity index (χ2v) is 6.16. The van der Waals surface area contributed by atoms with Crippen LogP contribution in [0, 0.1) is 18.2 Å². The molecule has 2 aromatic rings. The van der Waals surface area contributed by atoms with Crippen molar-refractivity contribution in [1.82, 2.24) is 0 Å². The van der Waals surface area contributed by atoms with Gasteiger partial charge in [0.15, 0.2) is 0 Å². The third-order valence-corrected chi connectivity index (χ3v) is 4.42. The Morgan fingerprint density at radius 3 is 2.33 bits per heavy atom. The van der Waals surface area contributed by atoms with Gasteiger partial charge in [0, 0.05) is 11.3 Å². The van der Waals surface area contributed by atoms with Gasteiger partial charge in [0.25, 0.3) is 10.0 Å². The molecule has 0 heterocycles. The molecule has 0 bridgehead atoms. The second kappa shape index (κ2) is 5.53. The lowest BCUT2D eigenvalue weighted by atomic mass is 10.2. The predicted octanol–water partition coefficient (Wildman–Crippen LogP) is 2.22. The lowest BCUT2D eigenvalue weighted by Gasteiger charge is -2.10. The number of hydrogen-bond acceptors (Lipinski definition) is 3. The molecule has 2 aromatic carbocycles. The normalized spacial score (nSPS) is 11.1. The molecule has 0 fully saturated rings. The molecule has 21 heavy (non-hydrogen) atoms. The molecule has 0 aliphatic heterocycles. The van der Waals surface area contributed by atoms with Crippen molar-refractivity contribution in [3.8, 4) is 0 Å². The Hall–Kier alpha value is -2.41. The Morgan fingerprint density at radius 2 is 1.81 bits per heavy atom. The third kappa shape index (κ3) is 3.38. The highest BCUT2D eigenvalue weighted by Gasteiger charge is 2.17. The van der Waals surface area contributed by atoms with Gasteiger partial charge in [0.2, 0.25) is 0 Å². The van der Waals surface area contributed by atoms with Gasteiger partial charge in [-0.05, 0) is 55.0 Å². The number of anilines is 1. The summed E-state index contributed by atoms with van der Waals surface area (Å²) in [5.74, 6) is -0.587. The predicted molar refractivity (Wildman–Crippen MR) is 79.4 cm³/mol. The summed E-state index contributed by atoms with van der Waals surface area (Å²) in [4.78, 5) is 0.0135. The fourth-order valence-electron chi connectivity index (χ4n) is 1.84. The van der Waals surface area contributed by atoms with E-state index in [1.54, 1.807) is 0 Å². The van der Waals surface area contributed by atoms with Gasteiger partial charge in [-0.1, -0.05) is 0 Å². The van der Waals surface area contributed by atoms with Crippen LogP contribution in [0.25, 0.3) is 0 Å². The molecule has 0 unspecified atom stereocenters. The van der Waals surface area contributed by atoms with E-state index in [2.05, 4.69) is 4.72 Å². The first kappa shape index (κ1) is 15.0. The fourth-order valence-corrected chi connectivity index (χ4v) is 3.13. The molecule has 0 saturated heterocycles. The van der Waals surface area contributed by atoms with Crippen LogP contribution in [0.5, 0.6) is 0 Å². The maximum Gasteiger partial charge on any atom is 0.262 e. The molecule has 7 heteroatoms. The summed E-state index contributed by atoms with van der Waals surface area (Å²) in [5, 5.41) is 7.27. The maximum absolute atomic E-state index is 13.0. The van der Waals surface area contributed by atoms with Crippen LogP contribution in [-0.2, 0) is 10.0 Å². The molecule has 0 spiro atoms. The van der Waals surface area contributed by atoms with Crippen LogP contribution < -0.4 is 10.5 Å². The fraction of sp³-hybridized carbons (Fsp3) is 0.0714. The van der Waals surface area contributed by atoms with Crippen LogP contribution >= 0.6 is 0 Å². The highest BCUT2D eigenvalue weighted by Crippen LogP contribution is 2.20. The summed E-state index contributed by atoms with van der Waals surface area (Å²) in [6, 6.07) is 9.57. The zero-order chi connectivity index (χ0) is 15.6. The summed E-state index contributed by atoms with van der Waals surface area (Å²) in [7, 11) is -3.80. The Morgan fingerprint density at radius 1 is 1.19 bits per heavy atom. The van der Waals surface area contributed by atoms with Crippen molar-refractivity contribution < 1.29 is 12.8 Å². The first-order chi connectivity index (χ1) is 9.79. The van der Waals surface area contributed by atoms with Gasteiger partial charge in [-0.25, -0.2) is 12.8 Å². The molecular weight excluding hydrogens is 293 g/mol. The van der Waals surface area contributed by atoms with Crippen molar-refractivity contribution in [2.75, 3.05) is 4.72 Å². The number of nitrogens with two attached hydrogens (primary N) is 1. The molecule has 4 N–H and O–H groups in total. The molecule has 0 aliphatic carbocycles. The number of rotatable bonds is 4. The summed E-state index contributed by atoms with van der Waals surface area (Å²) in [5.41, 5.74) is 6.48. The van der Waals surface area contributed by atoms with Crippen LogP contribution in [-0.4, -0.2) is 14.3 Å².